The summed E-state index contributed by atoms with van der Waals surface area (Å²) >= 11 is 0. The van der Waals surface area contributed by atoms with Gasteiger partial charge in [0.2, 0.25) is 0 Å². The largest absolute Gasteiger partial charge is 0.469 e. The Hall–Kier alpha value is -1.65. The molecule has 1 aliphatic heterocycles. The van der Waals surface area contributed by atoms with Gasteiger partial charge in [-0.3, -0.25) is 9.89 Å². The molecule has 4 rings (SSSR count). The lowest BCUT2D eigenvalue weighted by Crippen LogP contribution is -2.41. The summed E-state index contributed by atoms with van der Waals surface area (Å²) < 4.78 is 24.5. The maximum absolute atomic E-state index is 13.7. The lowest BCUT2D eigenvalue weighted by Gasteiger charge is -2.26. The van der Waals surface area contributed by atoms with Crippen LogP contribution in [0, 0.1) is 5.82 Å². The minimum Gasteiger partial charge on any atom is -0.469 e. The van der Waals surface area contributed by atoms with Crippen LogP contribution in [0.4, 0.5) is 4.39 Å². The van der Waals surface area contributed by atoms with Gasteiger partial charge in [-0.1, -0.05) is 12.1 Å². The zero-order valence-corrected chi connectivity index (χ0v) is 20.9. The fourth-order valence-electron chi connectivity index (χ4n) is 4.01. The number of aliphatic imine (C=N–C) groups is 1. The van der Waals surface area contributed by atoms with Crippen LogP contribution in [-0.4, -0.2) is 63.3 Å². The van der Waals surface area contributed by atoms with Crippen LogP contribution in [0.1, 0.15) is 30.6 Å². The number of benzene rings is 1. The van der Waals surface area contributed by atoms with Gasteiger partial charge in [-0.15, -0.1) is 24.0 Å². The molecule has 2 heterocycles. The average molecular weight is 556 g/mol. The molecule has 1 saturated carbocycles. The Balaban J connectivity index is 0.00000289. The van der Waals surface area contributed by atoms with Crippen LogP contribution < -0.4 is 10.6 Å². The summed E-state index contributed by atoms with van der Waals surface area (Å²) in [7, 11) is 0. The van der Waals surface area contributed by atoms with Gasteiger partial charge in [-0.2, -0.15) is 0 Å². The molecule has 0 unspecified atom stereocenters. The molecule has 2 aliphatic rings. The molecule has 176 valence electrons. The van der Waals surface area contributed by atoms with Crippen molar-refractivity contribution in [3.8, 4) is 0 Å². The van der Waals surface area contributed by atoms with E-state index in [1.807, 2.05) is 18.2 Å². The maximum Gasteiger partial charge on any atom is 0.191 e. The van der Waals surface area contributed by atoms with Crippen molar-refractivity contribution in [3.63, 3.8) is 0 Å². The number of rotatable bonds is 10. The first-order valence-electron chi connectivity index (χ1n) is 11.3. The number of hydrogen-bond acceptors (Lipinski definition) is 4. The minimum atomic E-state index is -0.175. The van der Waals surface area contributed by atoms with Gasteiger partial charge >= 0.3 is 0 Å². The van der Waals surface area contributed by atoms with Gasteiger partial charge in [0.1, 0.15) is 11.6 Å². The zero-order chi connectivity index (χ0) is 21.4. The van der Waals surface area contributed by atoms with Gasteiger partial charge in [0.25, 0.3) is 0 Å². The zero-order valence-electron chi connectivity index (χ0n) is 18.5. The minimum absolute atomic E-state index is 0. The van der Waals surface area contributed by atoms with E-state index in [-0.39, 0.29) is 35.2 Å². The van der Waals surface area contributed by atoms with E-state index < -0.39 is 0 Å². The molecule has 0 spiro atoms. The summed E-state index contributed by atoms with van der Waals surface area (Å²) in [5.74, 6) is 1.60. The number of ether oxygens (including phenoxy) is 1. The second kappa shape index (κ2) is 12.6. The highest BCUT2D eigenvalue weighted by Crippen LogP contribution is 2.48. The van der Waals surface area contributed by atoms with E-state index in [1.54, 1.807) is 18.4 Å². The SMILES string of the molecule is Fc1cccc(C2(CN=C(NCCCN3CCOCC3)NCCc3ccco3)CC2)c1.I. The first-order valence-corrected chi connectivity index (χ1v) is 11.3. The Morgan fingerprint density at radius 2 is 1.91 bits per heavy atom. The molecule has 1 aliphatic carbocycles. The van der Waals surface area contributed by atoms with E-state index in [0.717, 1.165) is 88.9 Å². The van der Waals surface area contributed by atoms with Crippen molar-refractivity contribution in [2.45, 2.75) is 31.1 Å². The van der Waals surface area contributed by atoms with E-state index in [0.29, 0.717) is 6.54 Å². The van der Waals surface area contributed by atoms with Crippen LogP contribution in [0.15, 0.2) is 52.1 Å². The Bertz CT molecular complexity index is 836. The quantitative estimate of drug-likeness (QED) is 0.203. The van der Waals surface area contributed by atoms with Gasteiger partial charge in [-0.25, -0.2) is 4.39 Å². The van der Waals surface area contributed by atoms with Crippen LogP contribution in [0.25, 0.3) is 0 Å². The molecule has 0 atom stereocenters. The van der Waals surface area contributed by atoms with E-state index in [4.69, 9.17) is 14.1 Å². The standard InChI is InChI=1S/C24H33FN4O2.HI/c25-21-5-1-4-20(18-21)24(8-9-24)19-28-23(27-11-7-22-6-2-15-31-22)26-10-3-12-29-13-16-30-17-14-29;/h1-2,4-6,15,18H,3,7-14,16-17,19H2,(H2,26,27,28);1H. The molecule has 0 radical (unpaired) electrons. The molecule has 8 heteroatoms. The molecule has 2 fully saturated rings. The average Bonchev–Trinajstić information content (AvgIpc) is 3.41. The van der Waals surface area contributed by atoms with E-state index in [2.05, 4.69) is 15.5 Å². The fourth-order valence-corrected chi connectivity index (χ4v) is 4.01. The molecule has 32 heavy (non-hydrogen) atoms. The van der Waals surface area contributed by atoms with E-state index in [9.17, 15) is 4.39 Å². The third-order valence-electron chi connectivity index (χ3n) is 6.12. The van der Waals surface area contributed by atoms with Crippen LogP contribution in [0.2, 0.25) is 0 Å². The van der Waals surface area contributed by atoms with Crippen LogP contribution in [0.3, 0.4) is 0 Å². The smallest absolute Gasteiger partial charge is 0.191 e. The molecule has 1 aromatic carbocycles. The monoisotopic (exact) mass is 556 g/mol. The lowest BCUT2D eigenvalue weighted by atomic mass is 9.96. The number of halogens is 2. The molecule has 1 saturated heterocycles. The fraction of sp³-hybridized carbons (Fsp3) is 0.542. The number of guanidine groups is 1. The van der Waals surface area contributed by atoms with E-state index in [1.165, 1.54) is 6.07 Å². The maximum atomic E-state index is 13.7. The van der Waals surface area contributed by atoms with Gasteiger partial charge in [-0.05, 0) is 55.6 Å². The molecular formula is C24H34FIN4O2. The summed E-state index contributed by atoms with van der Waals surface area (Å²) in [5, 5.41) is 6.91. The van der Waals surface area contributed by atoms with Crippen molar-refractivity contribution in [1.82, 2.24) is 15.5 Å². The Labute approximate surface area is 207 Å². The highest BCUT2D eigenvalue weighted by molar-refractivity contribution is 14.0. The number of morpholine rings is 1. The third-order valence-corrected chi connectivity index (χ3v) is 6.12. The first-order chi connectivity index (χ1) is 15.2. The second-order valence-electron chi connectivity index (χ2n) is 8.45. The van der Waals surface area contributed by atoms with E-state index >= 15 is 0 Å². The molecule has 0 amide bonds. The number of hydrogen-bond donors (Lipinski definition) is 2. The van der Waals surface area contributed by atoms with Gasteiger partial charge in [0.05, 0.1) is 26.0 Å². The highest BCUT2D eigenvalue weighted by atomic mass is 127. The molecule has 2 N–H and O–H groups in total. The van der Waals surface area contributed by atoms with Gasteiger partial charge < -0.3 is 19.8 Å². The molecule has 1 aromatic heterocycles. The van der Waals surface area contributed by atoms with Crippen molar-refractivity contribution < 1.29 is 13.5 Å². The summed E-state index contributed by atoms with van der Waals surface area (Å²) in [4.78, 5) is 7.31. The third kappa shape index (κ3) is 7.45. The van der Waals surface area contributed by atoms with Crippen LogP contribution in [0.5, 0.6) is 0 Å². The van der Waals surface area contributed by atoms with Crippen LogP contribution >= 0.6 is 24.0 Å². The number of nitrogens with zero attached hydrogens (tertiary/aromatic N) is 2. The Kier molecular flexibility index (Phi) is 9.80. The summed E-state index contributed by atoms with van der Waals surface area (Å²) in [5.41, 5.74) is 1.03. The topological polar surface area (TPSA) is 62.0 Å². The number of nitrogens with one attached hydrogen (secondary N) is 2. The molecular weight excluding hydrogens is 522 g/mol. The Morgan fingerprint density at radius 1 is 1.09 bits per heavy atom. The summed E-state index contributed by atoms with van der Waals surface area (Å²) in [6, 6.07) is 10.9. The van der Waals surface area contributed by atoms with Crippen molar-refractivity contribution in [2.75, 3.05) is 52.5 Å². The predicted molar refractivity (Wildman–Crippen MR) is 135 cm³/mol. The van der Waals surface area contributed by atoms with Gasteiger partial charge in [0.15, 0.2) is 5.96 Å². The van der Waals surface area contributed by atoms with Crippen molar-refractivity contribution in [3.05, 3.63) is 59.8 Å². The Morgan fingerprint density at radius 3 is 2.62 bits per heavy atom. The summed E-state index contributed by atoms with van der Waals surface area (Å²) in [6.45, 7) is 7.01. The second-order valence-corrected chi connectivity index (χ2v) is 8.45. The van der Waals surface area contributed by atoms with Crippen molar-refractivity contribution in [1.29, 1.82) is 0 Å². The molecule has 0 bridgehead atoms. The predicted octanol–water partition coefficient (Wildman–Crippen LogP) is 3.57. The van der Waals surface area contributed by atoms with Crippen LogP contribution in [-0.2, 0) is 16.6 Å². The molecule has 2 aromatic rings. The van der Waals surface area contributed by atoms with Gasteiger partial charge in [0, 0.05) is 38.0 Å². The number of furan rings is 1. The normalized spacial score (nSPS) is 18.1. The highest BCUT2D eigenvalue weighted by Gasteiger charge is 2.44. The van der Waals surface area contributed by atoms with Crippen molar-refractivity contribution >= 4 is 29.9 Å². The lowest BCUT2D eigenvalue weighted by molar-refractivity contribution is 0.0376. The molecule has 6 nitrogen and oxygen atoms in total. The first kappa shape index (κ1) is 25.0. The summed E-state index contributed by atoms with van der Waals surface area (Å²) in [6.07, 6.45) is 5.65. The van der Waals surface area contributed by atoms with Crippen molar-refractivity contribution in [2.24, 2.45) is 4.99 Å².